The molecule has 2 aliphatic rings. The number of hydrogen-bond donors (Lipinski definition) is 0. The predicted octanol–water partition coefficient (Wildman–Crippen LogP) is 2.72. The molecular weight excluding hydrogens is 344 g/mol. The van der Waals surface area contributed by atoms with E-state index in [2.05, 4.69) is 0 Å². The highest BCUT2D eigenvalue weighted by atomic mass is 16.5. The van der Waals surface area contributed by atoms with Gasteiger partial charge in [0.1, 0.15) is 0 Å². The summed E-state index contributed by atoms with van der Waals surface area (Å²) in [6.07, 6.45) is 6.86. The Morgan fingerprint density at radius 3 is 2.19 bits per heavy atom. The molecule has 3 rings (SSSR count). The topological polar surface area (TPSA) is 59.1 Å². The van der Waals surface area contributed by atoms with Crippen molar-refractivity contribution in [1.29, 1.82) is 0 Å². The molecule has 1 aromatic carbocycles. The summed E-state index contributed by atoms with van der Waals surface area (Å²) in [6, 6.07) is 7.29. The molecule has 1 aliphatic heterocycles. The highest BCUT2D eigenvalue weighted by Crippen LogP contribution is 2.29. The van der Waals surface area contributed by atoms with Crippen molar-refractivity contribution < 1.29 is 19.1 Å². The number of carbonyl (C=O) groups excluding carboxylic acids is 2. The van der Waals surface area contributed by atoms with Crippen molar-refractivity contribution in [1.82, 2.24) is 9.80 Å². The molecular formula is C21H30N2O4. The number of carbonyl (C=O) groups is 2. The van der Waals surface area contributed by atoms with Gasteiger partial charge in [0.2, 0.25) is 5.91 Å². The second-order valence-corrected chi connectivity index (χ2v) is 7.39. The first kappa shape index (κ1) is 19.5. The molecule has 1 heterocycles. The average Bonchev–Trinajstić information content (AvgIpc) is 3.24. The molecule has 148 valence electrons. The van der Waals surface area contributed by atoms with Crippen molar-refractivity contribution in [3.63, 3.8) is 0 Å². The van der Waals surface area contributed by atoms with Gasteiger partial charge >= 0.3 is 0 Å². The summed E-state index contributed by atoms with van der Waals surface area (Å²) >= 11 is 0. The average molecular weight is 374 g/mol. The molecule has 2 fully saturated rings. The maximum atomic E-state index is 12.4. The van der Waals surface area contributed by atoms with Gasteiger partial charge in [-0.2, -0.15) is 0 Å². The first-order chi connectivity index (χ1) is 13.2. The minimum absolute atomic E-state index is 0.0179. The third kappa shape index (κ3) is 5.37. The van der Waals surface area contributed by atoms with Crippen molar-refractivity contribution in [3.8, 4) is 11.5 Å². The van der Waals surface area contributed by atoms with Crippen molar-refractivity contribution in [2.24, 2.45) is 5.92 Å². The van der Waals surface area contributed by atoms with Gasteiger partial charge in [-0.3, -0.25) is 9.59 Å². The second kappa shape index (κ2) is 9.62. The van der Waals surface area contributed by atoms with Gasteiger partial charge in [-0.15, -0.1) is 0 Å². The number of rotatable bonds is 7. The Labute approximate surface area is 161 Å². The summed E-state index contributed by atoms with van der Waals surface area (Å²) in [5.41, 5.74) is 0. The van der Waals surface area contributed by atoms with E-state index in [4.69, 9.17) is 9.47 Å². The molecule has 0 spiro atoms. The Balaban J connectivity index is 1.39. The van der Waals surface area contributed by atoms with Crippen LogP contribution in [0.25, 0.3) is 0 Å². The number of methoxy groups -OCH3 is 1. The van der Waals surface area contributed by atoms with Crippen LogP contribution < -0.4 is 9.47 Å². The van der Waals surface area contributed by atoms with Gasteiger partial charge < -0.3 is 19.3 Å². The van der Waals surface area contributed by atoms with Crippen LogP contribution in [-0.4, -0.2) is 61.5 Å². The van der Waals surface area contributed by atoms with E-state index in [1.807, 2.05) is 17.0 Å². The summed E-state index contributed by atoms with van der Waals surface area (Å²) in [7, 11) is 1.58. The molecule has 0 atom stereocenters. The highest BCUT2D eigenvalue weighted by Gasteiger charge is 2.25. The molecule has 6 heteroatoms. The molecule has 0 bridgehead atoms. The van der Waals surface area contributed by atoms with E-state index in [0.717, 1.165) is 12.3 Å². The van der Waals surface area contributed by atoms with Crippen LogP contribution >= 0.6 is 0 Å². The fourth-order valence-electron chi connectivity index (χ4n) is 3.96. The van der Waals surface area contributed by atoms with E-state index < -0.39 is 0 Å². The zero-order valence-corrected chi connectivity index (χ0v) is 16.2. The van der Waals surface area contributed by atoms with E-state index in [0.29, 0.717) is 44.1 Å². The van der Waals surface area contributed by atoms with Crippen molar-refractivity contribution in [3.05, 3.63) is 24.3 Å². The van der Waals surface area contributed by atoms with E-state index in [1.54, 1.807) is 24.1 Å². The normalized spacial score (nSPS) is 17.8. The predicted molar refractivity (Wildman–Crippen MR) is 103 cm³/mol. The van der Waals surface area contributed by atoms with Gasteiger partial charge in [0.25, 0.3) is 5.91 Å². The maximum Gasteiger partial charge on any atom is 0.260 e. The highest BCUT2D eigenvalue weighted by molar-refractivity contribution is 5.79. The molecule has 1 saturated heterocycles. The molecule has 27 heavy (non-hydrogen) atoms. The fourth-order valence-corrected chi connectivity index (χ4v) is 3.96. The van der Waals surface area contributed by atoms with Gasteiger partial charge in [0.15, 0.2) is 18.1 Å². The largest absolute Gasteiger partial charge is 0.493 e. The van der Waals surface area contributed by atoms with Crippen LogP contribution in [0.5, 0.6) is 11.5 Å². The van der Waals surface area contributed by atoms with Gasteiger partial charge in [-0.25, -0.2) is 0 Å². The van der Waals surface area contributed by atoms with Gasteiger partial charge in [0, 0.05) is 32.6 Å². The lowest BCUT2D eigenvalue weighted by Crippen LogP contribution is -2.51. The van der Waals surface area contributed by atoms with Crippen molar-refractivity contribution in [2.45, 2.75) is 38.5 Å². The fraction of sp³-hybridized carbons (Fsp3) is 0.619. The number of benzene rings is 1. The summed E-state index contributed by atoms with van der Waals surface area (Å²) in [5, 5.41) is 0. The minimum Gasteiger partial charge on any atom is -0.493 e. The van der Waals surface area contributed by atoms with E-state index in [9.17, 15) is 9.59 Å². The lowest BCUT2D eigenvalue weighted by molar-refractivity contribution is -0.140. The summed E-state index contributed by atoms with van der Waals surface area (Å²) in [4.78, 5) is 28.5. The van der Waals surface area contributed by atoms with E-state index in [-0.39, 0.29) is 18.4 Å². The molecule has 0 aromatic heterocycles. The van der Waals surface area contributed by atoms with Gasteiger partial charge in [-0.05, 0) is 24.5 Å². The molecule has 1 saturated carbocycles. The zero-order chi connectivity index (χ0) is 19.1. The monoisotopic (exact) mass is 374 g/mol. The quantitative estimate of drug-likeness (QED) is 0.736. The van der Waals surface area contributed by atoms with Crippen LogP contribution in [0.3, 0.4) is 0 Å². The molecule has 1 aromatic rings. The number of amides is 2. The summed E-state index contributed by atoms with van der Waals surface area (Å²) < 4.78 is 10.8. The number of nitrogens with zero attached hydrogens (tertiary/aromatic N) is 2. The number of para-hydroxylation sites is 2. The SMILES string of the molecule is COc1ccccc1OCC(=O)N1CCN(C(=O)CCC2CCCC2)CC1. The Morgan fingerprint density at radius 1 is 0.963 bits per heavy atom. The minimum atomic E-state index is -0.0565. The standard InChI is InChI=1S/C21H30N2O4/c1-26-18-8-4-5-9-19(18)27-16-21(25)23-14-12-22(13-15-23)20(24)11-10-17-6-2-3-7-17/h4-5,8-9,17H,2-3,6-7,10-16H2,1H3. The van der Waals surface area contributed by atoms with Crippen LogP contribution in [0.2, 0.25) is 0 Å². The maximum absolute atomic E-state index is 12.4. The lowest BCUT2D eigenvalue weighted by atomic mass is 10.0. The van der Waals surface area contributed by atoms with Gasteiger partial charge in [-0.1, -0.05) is 37.8 Å². The number of ether oxygens (including phenoxy) is 2. The van der Waals surface area contributed by atoms with Crippen molar-refractivity contribution >= 4 is 11.8 Å². The first-order valence-electron chi connectivity index (χ1n) is 9.98. The zero-order valence-electron chi connectivity index (χ0n) is 16.2. The Bertz CT molecular complexity index is 635. The molecule has 2 amide bonds. The molecule has 6 nitrogen and oxygen atoms in total. The Morgan fingerprint density at radius 2 is 1.56 bits per heavy atom. The molecule has 0 radical (unpaired) electrons. The lowest BCUT2D eigenvalue weighted by Gasteiger charge is -2.35. The first-order valence-corrected chi connectivity index (χ1v) is 9.98. The van der Waals surface area contributed by atoms with Crippen LogP contribution in [-0.2, 0) is 9.59 Å². The van der Waals surface area contributed by atoms with Crippen LogP contribution in [0, 0.1) is 5.92 Å². The molecule has 1 aliphatic carbocycles. The summed E-state index contributed by atoms with van der Waals surface area (Å²) in [6.45, 7) is 2.36. The second-order valence-electron chi connectivity index (χ2n) is 7.39. The van der Waals surface area contributed by atoms with E-state index in [1.165, 1.54) is 25.7 Å². The summed E-state index contributed by atoms with van der Waals surface area (Å²) in [5.74, 6) is 2.10. The van der Waals surface area contributed by atoms with Gasteiger partial charge in [0.05, 0.1) is 7.11 Å². The van der Waals surface area contributed by atoms with Crippen LogP contribution in [0.1, 0.15) is 38.5 Å². The number of hydrogen-bond acceptors (Lipinski definition) is 4. The Kier molecular flexibility index (Phi) is 6.96. The third-order valence-corrected chi connectivity index (χ3v) is 5.65. The molecule has 0 N–H and O–H groups in total. The van der Waals surface area contributed by atoms with Crippen LogP contribution in [0.4, 0.5) is 0 Å². The van der Waals surface area contributed by atoms with Crippen molar-refractivity contribution in [2.75, 3.05) is 39.9 Å². The smallest absolute Gasteiger partial charge is 0.260 e. The van der Waals surface area contributed by atoms with Crippen LogP contribution in [0.15, 0.2) is 24.3 Å². The Hall–Kier alpha value is -2.24. The van der Waals surface area contributed by atoms with E-state index >= 15 is 0 Å². The molecule has 0 unspecified atom stereocenters. The number of piperazine rings is 1. The third-order valence-electron chi connectivity index (χ3n) is 5.65.